The Morgan fingerprint density at radius 1 is 0.943 bits per heavy atom. The topological polar surface area (TPSA) is 88.4 Å². The largest absolute Gasteiger partial charge is 0.346 e. The van der Waals surface area contributed by atoms with Crippen LogP contribution in [-0.2, 0) is 9.59 Å². The highest BCUT2D eigenvalue weighted by atomic mass is 35.5. The molecular weight excluding hydrogens is 462 g/mol. The molecule has 1 heterocycles. The molecule has 8 heteroatoms. The van der Waals surface area contributed by atoms with Gasteiger partial charge in [0.1, 0.15) is 5.15 Å². The Bertz CT molecular complexity index is 1280. The number of aromatic nitrogens is 2. The van der Waals surface area contributed by atoms with Gasteiger partial charge < -0.3 is 5.32 Å². The quantitative estimate of drug-likeness (QED) is 0.289. The summed E-state index contributed by atoms with van der Waals surface area (Å²) in [5, 5.41) is 11.5. The zero-order valence-electron chi connectivity index (χ0n) is 19.1. The third kappa shape index (κ3) is 5.83. The molecule has 0 aliphatic carbocycles. The average Bonchev–Trinajstić information content (AvgIpc) is 3.18. The highest BCUT2D eigenvalue weighted by Crippen LogP contribution is 2.25. The van der Waals surface area contributed by atoms with Crippen LogP contribution in [0.5, 0.6) is 0 Å². The maximum Gasteiger partial charge on any atom is 0.259 e. The van der Waals surface area contributed by atoms with Crippen molar-refractivity contribution in [3.63, 3.8) is 0 Å². The van der Waals surface area contributed by atoms with E-state index in [-0.39, 0.29) is 12.5 Å². The second-order valence-corrected chi connectivity index (χ2v) is 8.16. The van der Waals surface area contributed by atoms with Crippen LogP contribution in [0.25, 0.3) is 5.69 Å². The van der Waals surface area contributed by atoms with E-state index in [2.05, 4.69) is 20.9 Å². The fraction of sp³-hybridized carbons (Fsp3) is 0.111. The lowest BCUT2D eigenvalue weighted by atomic mass is 9.90. The maximum atomic E-state index is 13.0. The molecule has 0 spiro atoms. The highest BCUT2D eigenvalue weighted by molar-refractivity contribution is 6.32. The van der Waals surface area contributed by atoms with E-state index in [1.54, 1.807) is 4.68 Å². The van der Waals surface area contributed by atoms with Crippen LogP contribution in [-0.4, -0.2) is 34.4 Å². The lowest BCUT2D eigenvalue weighted by Crippen LogP contribution is -2.37. The van der Waals surface area contributed by atoms with Crippen molar-refractivity contribution in [1.29, 1.82) is 0 Å². The van der Waals surface area contributed by atoms with E-state index in [0.29, 0.717) is 16.4 Å². The fourth-order valence-corrected chi connectivity index (χ4v) is 3.98. The van der Waals surface area contributed by atoms with Crippen molar-refractivity contribution in [2.45, 2.75) is 12.8 Å². The number of carbonyl (C=O) groups excluding carboxylic acids is 2. The third-order valence-electron chi connectivity index (χ3n) is 5.38. The minimum Gasteiger partial charge on any atom is -0.346 e. The van der Waals surface area contributed by atoms with E-state index in [9.17, 15) is 9.59 Å². The molecule has 0 saturated carbocycles. The zero-order valence-corrected chi connectivity index (χ0v) is 19.8. The molecule has 0 saturated heterocycles. The van der Waals surface area contributed by atoms with Crippen molar-refractivity contribution < 1.29 is 9.59 Å². The minimum atomic E-state index is -0.529. The molecular formula is C27H24ClN5O2. The second kappa shape index (κ2) is 11.3. The molecule has 2 N–H and O–H groups in total. The lowest BCUT2D eigenvalue weighted by Gasteiger charge is -2.17. The number of nitrogens with zero attached hydrogens (tertiary/aromatic N) is 3. The standard InChI is InChI=1S/C27H24ClN5O2/c1-19-23(26(28)33(32-19)22-15-9-4-10-16-22)17-30-31-24(34)18-29-27(35)25(20-11-5-2-6-12-20)21-13-7-3-8-14-21/h2-17,25H,18H2,1H3,(H,29,35)(H,31,34)/b30-17+. The highest BCUT2D eigenvalue weighted by Gasteiger charge is 2.22. The number of hydrogen-bond acceptors (Lipinski definition) is 4. The number of halogens is 1. The number of carbonyl (C=O) groups is 2. The van der Waals surface area contributed by atoms with Crippen molar-refractivity contribution in [3.05, 3.63) is 119 Å². The molecule has 0 unspecified atom stereocenters. The normalized spacial score (nSPS) is 11.1. The number of nitrogens with one attached hydrogen (secondary N) is 2. The smallest absolute Gasteiger partial charge is 0.259 e. The first-order valence-electron chi connectivity index (χ1n) is 11.0. The van der Waals surface area contributed by atoms with Crippen molar-refractivity contribution in [2.24, 2.45) is 5.10 Å². The van der Waals surface area contributed by atoms with Crippen LogP contribution < -0.4 is 10.7 Å². The Labute approximate surface area is 208 Å². The fourth-order valence-electron chi connectivity index (χ4n) is 3.66. The average molecular weight is 486 g/mol. The van der Waals surface area contributed by atoms with Gasteiger partial charge in [-0.15, -0.1) is 0 Å². The molecule has 176 valence electrons. The summed E-state index contributed by atoms with van der Waals surface area (Å²) >= 11 is 6.47. The molecule has 4 aromatic rings. The maximum absolute atomic E-state index is 13.0. The van der Waals surface area contributed by atoms with E-state index < -0.39 is 11.8 Å². The Morgan fingerprint density at radius 2 is 1.49 bits per heavy atom. The van der Waals surface area contributed by atoms with Gasteiger partial charge in [-0.1, -0.05) is 90.5 Å². The number of para-hydroxylation sites is 1. The van der Waals surface area contributed by atoms with Gasteiger partial charge in [0.2, 0.25) is 5.91 Å². The first kappa shape index (κ1) is 23.9. The molecule has 35 heavy (non-hydrogen) atoms. The summed E-state index contributed by atoms with van der Waals surface area (Å²) in [6, 6.07) is 28.4. The first-order valence-corrected chi connectivity index (χ1v) is 11.4. The summed E-state index contributed by atoms with van der Waals surface area (Å²) in [6.45, 7) is 1.59. The molecule has 7 nitrogen and oxygen atoms in total. The van der Waals surface area contributed by atoms with Gasteiger partial charge in [0.25, 0.3) is 5.91 Å². The third-order valence-corrected chi connectivity index (χ3v) is 5.75. The van der Waals surface area contributed by atoms with Gasteiger partial charge in [-0.3, -0.25) is 9.59 Å². The SMILES string of the molecule is Cc1nn(-c2ccccc2)c(Cl)c1/C=N/NC(=O)CNC(=O)C(c1ccccc1)c1ccccc1. The Balaban J connectivity index is 1.39. The van der Waals surface area contributed by atoms with Crippen LogP contribution in [0.2, 0.25) is 5.15 Å². The zero-order chi connectivity index (χ0) is 24.6. The van der Waals surface area contributed by atoms with Gasteiger partial charge in [0.05, 0.1) is 35.6 Å². The molecule has 2 amide bonds. The summed E-state index contributed by atoms with van der Waals surface area (Å²) in [5.74, 6) is -1.26. The molecule has 4 rings (SSSR count). The Kier molecular flexibility index (Phi) is 7.70. The van der Waals surface area contributed by atoms with Gasteiger partial charge in [0.15, 0.2) is 0 Å². The Hall–Kier alpha value is -4.23. The number of hydrazone groups is 1. The number of hydrogen-bond donors (Lipinski definition) is 2. The summed E-state index contributed by atoms with van der Waals surface area (Å²) in [7, 11) is 0. The van der Waals surface area contributed by atoms with Crippen LogP contribution in [0.1, 0.15) is 28.3 Å². The summed E-state index contributed by atoms with van der Waals surface area (Å²) < 4.78 is 1.60. The number of amides is 2. The van der Waals surface area contributed by atoms with E-state index in [1.165, 1.54) is 6.21 Å². The molecule has 0 aliphatic heterocycles. The van der Waals surface area contributed by atoms with Crippen molar-refractivity contribution in [1.82, 2.24) is 20.5 Å². The molecule has 0 atom stereocenters. The summed E-state index contributed by atoms with van der Waals surface area (Å²) in [4.78, 5) is 25.3. The molecule has 0 aliphatic rings. The lowest BCUT2D eigenvalue weighted by molar-refractivity contribution is -0.126. The molecule has 0 fully saturated rings. The number of aryl methyl sites for hydroxylation is 1. The molecule has 1 aromatic heterocycles. The first-order chi connectivity index (χ1) is 17.0. The van der Waals surface area contributed by atoms with Crippen LogP contribution in [0.15, 0.2) is 96.1 Å². The van der Waals surface area contributed by atoms with Crippen molar-refractivity contribution >= 4 is 29.6 Å². The number of benzene rings is 3. The number of rotatable bonds is 8. The van der Waals surface area contributed by atoms with Gasteiger partial charge in [-0.2, -0.15) is 10.2 Å². The predicted molar refractivity (Wildman–Crippen MR) is 137 cm³/mol. The van der Waals surface area contributed by atoms with Crippen molar-refractivity contribution in [2.75, 3.05) is 6.54 Å². The van der Waals surface area contributed by atoms with E-state index in [0.717, 1.165) is 16.8 Å². The van der Waals surface area contributed by atoms with E-state index in [1.807, 2.05) is 97.9 Å². The molecule has 0 bridgehead atoms. The summed E-state index contributed by atoms with van der Waals surface area (Å²) in [5.41, 5.74) is 6.19. The van der Waals surface area contributed by atoms with Gasteiger partial charge >= 0.3 is 0 Å². The van der Waals surface area contributed by atoms with Crippen LogP contribution in [0, 0.1) is 6.92 Å². The minimum absolute atomic E-state index is 0.220. The predicted octanol–water partition coefficient (Wildman–Crippen LogP) is 4.23. The van der Waals surface area contributed by atoms with Gasteiger partial charge in [0, 0.05) is 0 Å². The van der Waals surface area contributed by atoms with E-state index >= 15 is 0 Å². The Morgan fingerprint density at radius 3 is 2.06 bits per heavy atom. The monoisotopic (exact) mass is 485 g/mol. The summed E-state index contributed by atoms with van der Waals surface area (Å²) in [6.07, 6.45) is 1.45. The molecule has 3 aromatic carbocycles. The van der Waals surface area contributed by atoms with E-state index in [4.69, 9.17) is 11.6 Å². The van der Waals surface area contributed by atoms with Crippen LogP contribution >= 0.6 is 11.6 Å². The van der Waals surface area contributed by atoms with Crippen molar-refractivity contribution in [3.8, 4) is 5.69 Å². The van der Waals surface area contributed by atoms with Gasteiger partial charge in [-0.25, -0.2) is 10.1 Å². The van der Waals surface area contributed by atoms with Crippen LogP contribution in [0.3, 0.4) is 0 Å². The van der Waals surface area contributed by atoms with Crippen LogP contribution in [0.4, 0.5) is 0 Å². The second-order valence-electron chi connectivity index (χ2n) is 7.80. The molecule has 0 radical (unpaired) electrons. The van der Waals surface area contributed by atoms with Gasteiger partial charge in [-0.05, 0) is 30.2 Å².